The summed E-state index contributed by atoms with van der Waals surface area (Å²) in [7, 11) is 1.66. The monoisotopic (exact) mass is 384 g/mol. The standard InChI is InChI=1S/C17H21ClN4O2.ClH/c1-24-16-5-3-2-4-14(16)15-11-19-7-9-22(15)17(23)6-8-21-12-13(18)10-20-21;/h2-5,10,12,15,19H,6-9,11H2,1H3;1H. The number of para-hydroxylation sites is 1. The molecule has 2 aromatic rings. The van der Waals surface area contributed by atoms with Crippen molar-refractivity contribution in [2.24, 2.45) is 0 Å². The Morgan fingerprint density at radius 1 is 1.44 bits per heavy atom. The first-order valence-electron chi connectivity index (χ1n) is 8.00. The van der Waals surface area contributed by atoms with Gasteiger partial charge in [-0.05, 0) is 6.07 Å². The van der Waals surface area contributed by atoms with Gasteiger partial charge in [-0.1, -0.05) is 29.8 Å². The second kappa shape index (κ2) is 9.08. The highest BCUT2D eigenvalue weighted by Crippen LogP contribution is 2.30. The third kappa shape index (κ3) is 4.66. The van der Waals surface area contributed by atoms with Gasteiger partial charge in [-0.3, -0.25) is 9.48 Å². The van der Waals surface area contributed by atoms with Crippen molar-refractivity contribution in [3.8, 4) is 5.75 Å². The summed E-state index contributed by atoms with van der Waals surface area (Å²) in [6.45, 7) is 2.72. The molecule has 1 aromatic heterocycles. The number of carbonyl (C=O) groups excluding carboxylic acids is 1. The second-order valence-electron chi connectivity index (χ2n) is 5.72. The molecule has 1 atom stereocenters. The molecule has 1 fully saturated rings. The van der Waals surface area contributed by atoms with Crippen molar-refractivity contribution in [3.05, 3.63) is 47.2 Å². The van der Waals surface area contributed by atoms with E-state index in [4.69, 9.17) is 16.3 Å². The number of carbonyl (C=O) groups is 1. The fraction of sp³-hybridized carbons (Fsp3) is 0.412. The Morgan fingerprint density at radius 3 is 2.96 bits per heavy atom. The largest absolute Gasteiger partial charge is 0.496 e. The molecule has 0 bridgehead atoms. The maximum Gasteiger partial charge on any atom is 0.225 e. The van der Waals surface area contributed by atoms with Gasteiger partial charge in [-0.25, -0.2) is 0 Å². The van der Waals surface area contributed by atoms with E-state index in [1.54, 1.807) is 24.2 Å². The highest BCUT2D eigenvalue weighted by Gasteiger charge is 2.29. The Balaban J connectivity index is 0.00000225. The lowest BCUT2D eigenvalue weighted by Crippen LogP contribution is -2.49. The van der Waals surface area contributed by atoms with E-state index in [1.807, 2.05) is 29.2 Å². The van der Waals surface area contributed by atoms with Crippen molar-refractivity contribution in [2.75, 3.05) is 26.7 Å². The van der Waals surface area contributed by atoms with E-state index in [-0.39, 0.29) is 24.4 Å². The molecule has 3 rings (SSSR count). The molecule has 1 aliphatic heterocycles. The number of ether oxygens (including phenoxy) is 1. The van der Waals surface area contributed by atoms with Gasteiger partial charge in [-0.2, -0.15) is 5.10 Å². The van der Waals surface area contributed by atoms with E-state index < -0.39 is 0 Å². The lowest BCUT2D eigenvalue weighted by Gasteiger charge is -2.37. The molecule has 0 saturated carbocycles. The normalized spacial score (nSPS) is 17.0. The van der Waals surface area contributed by atoms with Crippen molar-refractivity contribution < 1.29 is 9.53 Å². The zero-order valence-electron chi connectivity index (χ0n) is 14.0. The summed E-state index contributed by atoms with van der Waals surface area (Å²) in [5.74, 6) is 0.918. The van der Waals surface area contributed by atoms with Crippen LogP contribution in [0.1, 0.15) is 18.0 Å². The lowest BCUT2D eigenvalue weighted by molar-refractivity contribution is -0.134. The highest BCUT2D eigenvalue weighted by molar-refractivity contribution is 6.30. The number of hydrogen-bond donors (Lipinski definition) is 1. The number of hydrogen-bond acceptors (Lipinski definition) is 4. The van der Waals surface area contributed by atoms with Crippen LogP contribution in [0.4, 0.5) is 0 Å². The van der Waals surface area contributed by atoms with Crippen LogP contribution in [0.25, 0.3) is 0 Å². The molecule has 2 heterocycles. The van der Waals surface area contributed by atoms with Crippen molar-refractivity contribution in [2.45, 2.75) is 19.0 Å². The van der Waals surface area contributed by atoms with Crippen LogP contribution >= 0.6 is 24.0 Å². The summed E-state index contributed by atoms with van der Waals surface area (Å²) in [5, 5.41) is 8.06. The number of piperazine rings is 1. The molecule has 136 valence electrons. The summed E-state index contributed by atoms with van der Waals surface area (Å²) in [5.41, 5.74) is 1.03. The smallest absolute Gasteiger partial charge is 0.225 e. The predicted octanol–water partition coefficient (Wildman–Crippen LogP) is 2.53. The van der Waals surface area contributed by atoms with Crippen molar-refractivity contribution in [3.63, 3.8) is 0 Å². The van der Waals surface area contributed by atoms with E-state index in [0.717, 1.165) is 24.4 Å². The van der Waals surface area contributed by atoms with Gasteiger partial charge in [0.1, 0.15) is 5.75 Å². The van der Waals surface area contributed by atoms with Gasteiger partial charge in [0.05, 0.1) is 24.4 Å². The third-order valence-corrected chi connectivity index (χ3v) is 4.41. The van der Waals surface area contributed by atoms with Gasteiger partial charge in [0.25, 0.3) is 0 Å². The summed E-state index contributed by atoms with van der Waals surface area (Å²) in [6, 6.07) is 7.83. The first kappa shape index (κ1) is 19.6. The number of rotatable bonds is 5. The summed E-state index contributed by atoms with van der Waals surface area (Å²) in [6.07, 6.45) is 3.70. The minimum atomic E-state index is -0.0244. The van der Waals surface area contributed by atoms with Crippen LogP contribution in [0.3, 0.4) is 0 Å². The first-order chi connectivity index (χ1) is 11.7. The molecule has 0 spiro atoms. The van der Waals surface area contributed by atoms with E-state index in [0.29, 0.717) is 24.5 Å². The van der Waals surface area contributed by atoms with Crippen LogP contribution in [0.2, 0.25) is 5.02 Å². The van der Waals surface area contributed by atoms with Crippen LogP contribution in [-0.4, -0.2) is 47.3 Å². The van der Waals surface area contributed by atoms with Crippen molar-refractivity contribution >= 4 is 29.9 Å². The van der Waals surface area contributed by atoms with E-state index in [9.17, 15) is 4.79 Å². The number of nitrogens with one attached hydrogen (secondary N) is 1. The maximum atomic E-state index is 12.7. The van der Waals surface area contributed by atoms with Gasteiger partial charge in [-0.15, -0.1) is 12.4 Å². The fourth-order valence-corrected chi connectivity index (χ4v) is 3.19. The van der Waals surface area contributed by atoms with E-state index in [2.05, 4.69) is 10.4 Å². The average molecular weight is 385 g/mol. The van der Waals surface area contributed by atoms with E-state index >= 15 is 0 Å². The number of aryl methyl sites for hydroxylation is 1. The number of halogens is 2. The highest BCUT2D eigenvalue weighted by atomic mass is 35.5. The molecule has 1 N–H and O–H groups in total. The molecule has 1 amide bonds. The third-order valence-electron chi connectivity index (χ3n) is 4.22. The molecular weight excluding hydrogens is 363 g/mol. The molecule has 8 heteroatoms. The number of methoxy groups -OCH3 is 1. The number of benzene rings is 1. The van der Waals surface area contributed by atoms with Gasteiger partial charge in [0.2, 0.25) is 5.91 Å². The molecule has 0 aliphatic carbocycles. The summed E-state index contributed by atoms with van der Waals surface area (Å²) < 4.78 is 7.16. The number of amides is 1. The molecule has 25 heavy (non-hydrogen) atoms. The van der Waals surface area contributed by atoms with Crippen LogP contribution < -0.4 is 10.1 Å². The Hall–Kier alpha value is -1.76. The van der Waals surface area contributed by atoms with Crippen LogP contribution in [-0.2, 0) is 11.3 Å². The summed E-state index contributed by atoms with van der Waals surface area (Å²) >= 11 is 5.86. The van der Waals surface area contributed by atoms with Gasteiger partial charge >= 0.3 is 0 Å². The number of aromatic nitrogens is 2. The molecule has 6 nitrogen and oxygen atoms in total. The lowest BCUT2D eigenvalue weighted by atomic mass is 10.0. The summed E-state index contributed by atoms with van der Waals surface area (Å²) in [4.78, 5) is 14.7. The van der Waals surface area contributed by atoms with Gasteiger partial charge in [0, 0.05) is 44.4 Å². The fourth-order valence-electron chi connectivity index (χ4n) is 3.04. The minimum Gasteiger partial charge on any atom is -0.496 e. The topological polar surface area (TPSA) is 59.4 Å². The zero-order chi connectivity index (χ0) is 16.9. The van der Waals surface area contributed by atoms with Gasteiger partial charge in [0.15, 0.2) is 0 Å². The van der Waals surface area contributed by atoms with E-state index in [1.165, 1.54) is 0 Å². The van der Waals surface area contributed by atoms with Crippen LogP contribution in [0, 0.1) is 0 Å². The average Bonchev–Trinajstić information content (AvgIpc) is 3.05. The van der Waals surface area contributed by atoms with Crippen molar-refractivity contribution in [1.29, 1.82) is 0 Å². The molecule has 1 unspecified atom stereocenters. The minimum absolute atomic E-state index is 0. The van der Waals surface area contributed by atoms with Crippen LogP contribution in [0.5, 0.6) is 5.75 Å². The van der Waals surface area contributed by atoms with Gasteiger partial charge < -0.3 is 15.0 Å². The quantitative estimate of drug-likeness (QED) is 0.860. The molecule has 1 aromatic carbocycles. The number of nitrogens with zero attached hydrogens (tertiary/aromatic N) is 3. The first-order valence-corrected chi connectivity index (χ1v) is 8.38. The van der Waals surface area contributed by atoms with Crippen LogP contribution in [0.15, 0.2) is 36.7 Å². The molecular formula is C17H22Cl2N4O2. The predicted molar refractivity (Wildman–Crippen MR) is 99.4 cm³/mol. The Kier molecular flexibility index (Phi) is 7.11. The SMILES string of the molecule is COc1ccccc1C1CNCCN1C(=O)CCn1cc(Cl)cn1.Cl. The molecule has 1 aliphatic rings. The molecule has 0 radical (unpaired) electrons. The second-order valence-corrected chi connectivity index (χ2v) is 6.16. The maximum absolute atomic E-state index is 12.7. The van der Waals surface area contributed by atoms with Crippen molar-refractivity contribution in [1.82, 2.24) is 20.0 Å². The zero-order valence-corrected chi connectivity index (χ0v) is 15.6. The Morgan fingerprint density at radius 2 is 2.24 bits per heavy atom. The molecule has 1 saturated heterocycles. The Bertz CT molecular complexity index is 707. The Labute approximate surface area is 158 Å².